The van der Waals surface area contributed by atoms with Gasteiger partial charge in [-0.25, -0.2) is 4.79 Å². The summed E-state index contributed by atoms with van der Waals surface area (Å²) >= 11 is 0. The maximum atomic E-state index is 13.0. The first kappa shape index (κ1) is 20.4. The summed E-state index contributed by atoms with van der Waals surface area (Å²) in [4.78, 5) is 26.7. The lowest BCUT2D eigenvalue weighted by molar-refractivity contribution is -0.121. The van der Waals surface area contributed by atoms with Crippen LogP contribution in [0.3, 0.4) is 0 Å². The molecule has 0 radical (unpaired) electrons. The number of amidine groups is 1. The first-order valence-electron chi connectivity index (χ1n) is 10.4. The summed E-state index contributed by atoms with van der Waals surface area (Å²) in [5.41, 5.74) is 1.91. The molecule has 0 saturated carbocycles. The average Bonchev–Trinajstić information content (AvgIpc) is 3.05. The summed E-state index contributed by atoms with van der Waals surface area (Å²) < 4.78 is 34.0. The Morgan fingerprint density at radius 1 is 1.19 bits per heavy atom. The molecule has 1 amide bonds. The van der Waals surface area contributed by atoms with Crippen LogP contribution in [0.15, 0.2) is 67.0 Å². The van der Waals surface area contributed by atoms with Gasteiger partial charge < -0.3 is 14.6 Å². The Labute approximate surface area is 184 Å². The van der Waals surface area contributed by atoms with E-state index in [1.54, 1.807) is 36.4 Å². The van der Waals surface area contributed by atoms with Crippen molar-refractivity contribution in [1.29, 1.82) is 0 Å². The molecule has 5 rings (SSSR count). The number of carbonyl (C=O) groups is 1. The summed E-state index contributed by atoms with van der Waals surface area (Å²) in [7, 11) is -3.71. The van der Waals surface area contributed by atoms with Crippen molar-refractivity contribution in [2.24, 2.45) is 10.3 Å². The number of amides is 1. The number of hydrogen-bond acceptors (Lipinski definition) is 6. The van der Waals surface area contributed by atoms with Gasteiger partial charge in [0.1, 0.15) is 10.5 Å². The topological polar surface area (TPSA) is 109 Å². The van der Waals surface area contributed by atoms with Gasteiger partial charge in [0.05, 0.1) is 5.92 Å². The molecule has 3 aromatic rings. The van der Waals surface area contributed by atoms with Crippen LogP contribution in [0.2, 0.25) is 0 Å². The van der Waals surface area contributed by atoms with Gasteiger partial charge in [0.15, 0.2) is 5.84 Å². The van der Waals surface area contributed by atoms with Crippen molar-refractivity contribution >= 4 is 38.4 Å². The zero-order chi connectivity index (χ0) is 22.5. The molecule has 1 aromatic heterocycles. The van der Waals surface area contributed by atoms with Gasteiger partial charge >= 0.3 is 5.63 Å². The first-order chi connectivity index (χ1) is 15.3. The highest BCUT2D eigenvalue weighted by atomic mass is 32.2. The maximum absolute atomic E-state index is 13.0. The second kappa shape index (κ2) is 7.59. The highest BCUT2D eigenvalue weighted by molar-refractivity contribution is 7.90. The third-order valence-electron chi connectivity index (χ3n) is 5.92. The molecule has 2 aliphatic rings. The zero-order valence-electron chi connectivity index (χ0n) is 17.4. The van der Waals surface area contributed by atoms with Gasteiger partial charge in [0.2, 0.25) is 5.91 Å². The average molecular weight is 452 g/mol. The SMILES string of the molecule is Cc1cc(=O)oc2cc(NC(=O)[C@@H]3CCCN(C4=NS(=O)(=O)c5ccccc54)C3)ccc12. The monoisotopic (exact) mass is 451 g/mol. The van der Waals surface area contributed by atoms with Gasteiger partial charge in [-0.2, -0.15) is 8.42 Å². The van der Waals surface area contributed by atoms with Crippen LogP contribution in [0.25, 0.3) is 11.0 Å². The van der Waals surface area contributed by atoms with E-state index in [1.807, 2.05) is 17.9 Å². The fraction of sp³-hybridized carbons (Fsp3) is 0.261. The number of likely N-dealkylation sites (tertiary alicyclic amines) is 1. The van der Waals surface area contributed by atoms with E-state index in [4.69, 9.17) is 4.42 Å². The zero-order valence-corrected chi connectivity index (χ0v) is 18.2. The molecule has 1 fully saturated rings. The van der Waals surface area contributed by atoms with E-state index in [2.05, 4.69) is 9.71 Å². The van der Waals surface area contributed by atoms with Crippen molar-refractivity contribution in [1.82, 2.24) is 4.90 Å². The first-order valence-corrected chi connectivity index (χ1v) is 11.8. The van der Waals surface area contributed by atoms with Crippen molar-refractivity contribution in [3.63, 3.8) is 0 Å². The fourth-order valence-electron chi connectivity index (χ4n) is 4.35. The Morgan fingerprint density at radius 3 is 2.84 bits per heavy atom. The Bertz CT molecular complexity index is 1440. The number of hydrogen-bond donors (Lipinski definition) is 1. The molecule has 3 heterocycles. The number of nitrogens with zero attached hydrogens (tertiary/aromatic N) is 2. The minimum atomic E-state index is -3.71. The van der Waals surface area contributed by atoms with Crippen LogP contribution in [0, 0.1) is 12.8 Å². The Balaban J connectivity index is 1.36. The van der Waals surface area contributed by atoms with Crippen molar-refractivity contribution in [2.45, 2.75) is 24.7 Å². The minimum Gasteiger partial charge on any atom is -0.423 e. The molecular weight excluding hydrogens is 430 g/mol. The molecule has 9 heteroatoms. The quantitative estimate of drug-likeness (QED) is 0.600. The summed E-state index contributed by atoms with van der Waals surface area (Å²) in [5.74, 6) is -0.0954. The van der Waals surface area contributed by atoms with Crippen LogP contribution >= 0.6 is 0 Å². The molecule has 0 bridgehead atoms. The van der Waals surface area contributed by atoms with Gasteiger partial charge in [0, 0.05) is 41.9 Å². The number of sulfonamides is 1. The molecule has 0 unspecified atom stereocenters. The number of nitrogens with one attached hydrogen (secondary N) is 1. The number of aryl methyl sites for hydroxylation is 1. The highest BCUT2D eigenvalue weighted by Gasteiger charge is 2.35. The van der Waals surface area contributed by atoms with E-state index >= 15 is 0 Å². The summed E-state index contributed by atoms with van der Waals surface area (Å²) in [6, 6.07) is 13.4. The second-order valence-corrected chi connectivity index (χ2v) is 9.69. The molecule has 1 atom stereocenters. The van der Waals surface area contributed by atoms with Crippen molar-refractivity contribution in [2.75, 3.05) is 18.4 Å². The fourth-order valence-corrected chi connectivity index (χ4v) is 5.57. The van der Waals surface area contributed by atoms with Gasteiger partial charge in [-0.1, -0.05) is 12.1 Å². The van der Waals surface area contributed by atoms with Crippen molar-refractivity contribution < 1.29 is 17.6 Å². The highest BCUT2D eigenvalue weighted by Crippen LogP contribution is 2.30. The molecule has 2 aromatic carbocycles. The van der Waals surface area contributed by atoms with E-state index in [1.165, 1.54) is 6.07 Å². The third-order valence-corrected chi connectivity index (χ3v) is 7.25. The standard InChI is InChI=1S/C23H21N3O5S/c1-14-11-21(27)31-19-12-16(8-9-17(14)19)24-23(28)15-5-4-10-26(13-15)22-18-6-2-3-7-20(18)32(29,30)25-22/h2-3,6-9,11-12,15H,4-5,10,13H2,1H3,(H,24,28)/t15-/m1/s1. The number of piperidine rings is 1. The maximum Gasteiger partial charge on any atom is 0.336 e. The van der Waals surface area contributed by atoms with Crippen molar-refractivity contribution in [3.8, 4) is 0 Å². The van der Waals surface area contributed by atoms with Gasteiger partial charge in [-0.3, -0.25) is 4.79 Å². The predicted octanol–water partition coefficient (Wildman–Crippen LogP) is 2.90. The van der Waals surface area contributed by atoms with E-state index < -0.39 is 15.6 Å². The van der Waals surface area contributed by atoms with Crippen LogP contribution in [-0.2, 0) is 14.8 Å². The summed E-state index contributed by atoms with van der Waals surface area (Å²) in [5, 5.41) is 3.71. The second-order valence-electron chi connectivity index (χ2n) is 8.12. The summed E-state index contributed by atoms with van der Waals surface area (Å²) in [6.45, 7) is 2.83. The largest absolute Gasteiger partial charge is 0.423 e. The number of rotatable bonds is 2. The van der Waals surface area contributed by atoms with Crippen LogP contribution in [0.5, 0.6) is 0 Å². The third kappa shape index (κ3) is 3.58. The molecule has 2 aliphatic heterocycles. The molecule has 1 N–H and O–H groups in total. The van der Waals surface area contributed by atoms with Crippen LogP contribution in [0.4, 0.5) is 5.69 Å². The van der Waals surface area contributed by atoms with Gasteiger partial charge in [0.25, 0.3) is 10.0 Å². The van der Waals surface area contributed by atoms with E-state index in [-0.39, 0.29) is 16.7 Å². The number of fused-ring (bicyclic) bond motifs is 2. The van der Waals surface area contributed by atoms with Gasteiger partial charge in [-0.15, -0.1) is 4.40 Å². The minimum absolute atomic E-state index is 0.168. The Morgan fingerprint density at radius 2 is 2.00 bits per heavy atom. The molecule has 8 nitrogen and oxygen atoms in total. The Hall–Kier alpha value is -3.46. The lowest BCUT2D eigenvalue weighted by atomic mass is 9.96. The molecule has 0 aliphatic carbocycles. The molecule has 164 valence electrons. The lowest BCUT2D eigenvalue weighted by Crippen LogP contribution is -2.43. The number of anilines is 1. The van der Waals surface area contributed by atoms with E-state index in [0.717, 1.165) is 17.4 Å². The molecular formula is C23H21N3O5S. The van der Waals surface area contributed by atoms with Crippen LogP contribution in [0.1, 0.15) is 24.0 Å². The molecule has 32 heavy (non-hydrogen) atoms. The normalized spacial score (nSPS) is 19.5. The lowest BCUT2D eigenvalue weighted by Gasteiger charge is -2.33. The Kier molecular flexibility index (Phi) is 4.85. The van der Waals surface area contributed by atoms with Gasteiger partial charge in [-0.05, 0) is 49.6 Å². The number of benzene rings is 2. The predicted molar refractivity (Wildman–Crippen MR) is 120 cm³/mol. The molecule has 0 spiro atoms. The van der Waals surface area contributed by atoms with Crippen LogP contribution < -0.4 is 10.9 Å². The smallest absolute Gasteiger partial charge is 0.336 e. The van der Waals surface area contributed by atoms with E-state index in [9.17, 15) is 18.0 Å². The summed E-state index contributed by atoms with van der Waals surface area (Å²) in [6.07, 6.45) is 1.43. The molecule has 1 saturated heterocycles. The van der Waals surface area contributed by atoms with Crippen LogP contribution in [-0.4, -0.2) is 38.2 Å². The van der Waals surface area contributed by atoms with E-state index in [0.29, 0.717) is 42.2 Å². The number of carbonyl (C=O) groups excluding carboxylic acids is 1. The van der Waals surface area contributed by atoms with Crippen molar-refractivity contribution in [3.05, 3.63) is 70.1 Å².